The molecule has 0 aliphatic heterocycles. The minimum absolute atomic E-state index is 0.693. The van der Waals surface area contributed by atoms with Gasteiger partial charge in [0.25, 0.3) is 0 Å². The highest BCUT2D eigenvalue weighted by Crippen LogP contribution is 2.22. The highest BCUT2D eigenvalue weighted by Gasteiger charge is 2.02. The third-order valence-electron chi connectivity index (χ3n) is 2.83. The molecule has 0 saturated carbocycles. The predicted molar refractivity (Wildman–Crippen MR) is 83.2 cm³/mol. The van der Waals surface area contributed by atoms with E-state index in [1.54, 1.807) is 11.8 Å². The van der Waals surface area contributed by atoms with Gasteiger partial charge in [0.1, 0.15) is 5.75 Å². The summed E-state index contributed by atoms with van der Waals surface area (Å²) in [5, 5.41) is 3.44. The summed E-state index contributed by atoms with van der Waals surface area (Å²) in [6.45, 7) is 3.47. The van der Waals surface area contributed by atoms with Gasteiger partial charge in [-0.25, -0.2) is 0 Å². The maximum absolute atomic E-state index is 5.63. The molecule has 100 valence electrons. The molecular formula is C16H19NOS. The van der Waals surface area contributed by atoms with E-state index in [0.29, 0.717) is 6.61 Å². The lowest BCUT2D eigenvalue weighted by molar-refractivity contribution is 0.337. The van der Waals surface area contributed by atoms with E-state index in [1.807, 2.05) is 25.1 Å². The van der Waals surface area contributed by atoms with Crippen molar-refractivity contribution in [3.05, 3.63) is 54.1 Å². The summed E-state index contributed by atoms with van der Waals surface area (Å²) in [5.74, 6) is 0.957. The highest BCUT2D eigenvalue weighted by atomic mass is 32.2. The van der Waals surface area contributed by atoms with Gasteiger partial charge in [0.05, 0.1) is 6.61 Å². The van der Waals surface area contributed by atoms with Gasteiger partial charge in [-0.3, -0.25) is 0 Å². The molecule has 0 aliphatic rings. The van der Waals surface area contributed by atoms with Crippen molar-refractivity contribution in [2.45, 2.75) is 18.4 Å². The fraction of sp³-hybridized carbons (Fsp3) is 0.250. The molecule has 0 aromatic heterocycles. The maximum Gasteiger partial charge on any atom is 0.124 e. The van der Waals surface area contributed by atoms with E-state index >= 15 is 0 Å². The normalized spacial score (nSPS) is 10.2. The molecule has 3 heteroatoms. The van der Waals surface area contributed by atoms with Gasteiger partial charge in [-0.15, -0.1) is 11.8 Å². The summed E-state index contributed by atoms with van der Waals surface area (Å²) in [6.07, 6.45) is 2.09. The summed E-state index contributed by atoms with van der Waals surface area (Å²) in [7, 11) is 0. The monoisotopic (exact) mass is 273 g/mol. The number of para-hydroxylation sites is 1. The van der Waals surface area contributed by atoms with E-state index in [0.717, 1.165) is 18.0 Å². The molecule has 2 nitrogen and oxygen atoms in total. The van der Waals surface area contributed by atoms with Crippen LogP contribution in [-0.4, -0.2) is 12.9 Å². The van der Waals surface area contributed by atoms with E-state index in [1.165, 1.54) is 10.5 Å². The number of hydrogen-bond acceptors (Lipinski definition) is 3. The summed E-state index contributed by atoms with van der Waals surface area (Å²) < 4.78 is 5.63. The van der Waals surface area contributed by atoms with Crippen LogP contribution in [0, 0.1) is 0 Å². The molecule has 0 bridgehead atoms. The maximum atomic E-state index is 5.63. The number of rotatable bonds is 6. The largest absolute Gasteiger partial charge is 0.494 e. The molecule has 2 rings (SSSR count). The van der Waals surface area contributed by atoms with E-state index in [-0.39, 0.29) is 0 Å². The molecule has 0 atom stereocenters. The van der Waals surface area contributed by atoms with Gasteiger partial charge in [0.15, 0.2) is 0 Å². The molecule has 0 fully saturated rings. The summed E-state index contributed by atoms with van der Waals surface area (Å²) in [4.78, 5) is 1.27. The van der Waals surface area contributed by atoms with Crippen LogP contribution in [0.5, 0.6) is 5.75 Å². The van der Waals surface area contributed by atoms with E-state index in [2.05, 4.69) is 41.9 Å². The Morgan fingerprint density at radius 1 is 1.11 bits per heavy atom. The SMILES string of the molecule is CCOc1ccccc1CNc1cccc(SC)c1. The molecule has 2 aromatic carbocycles. The molecule has 1 N–H and O–H groups in total. The topological polar surface area (TPSA) is 21.3 Å². The van der Waals surface area contributed by atoms with Crippen molar-refractivity contribution < 1.29 is 4.74 Å². The van der Waals surface area contributed by atoms with Gasteiger partial charge in [-0.05, 0) is 37.4 Å². The van der Waals surface area contributed by atoms with E-state index < -0.39 is 0 Å². The molecule has 0 unspecified atom stereocenters. The molecule has 0 amide bonds. The fourth-order valence-electron chi connectivity index (χ4n) is 1.88. The van der Waals surface area contributed by atoms with Crippen molar-refractivity contribution >= 4 is 17.4 Å². The lowest BCUT2D eigenvalue weighted by Crippen LogP contribution is -2.03. The Morgan fingerprint density at radius 3 is 2.74 bits per heavy atom. The number of nitrogens with one attached hydrogen (secondary N) is 1. The van der Waals surface area contributed by atoms with Crippen molar-refractivity contribution in [1.82, 2.24) is 0 Å². The van der Waals surface area contributed by atoms with Crippen LogP contribution in [0.15, 0.2) is 53.4 Å². The van der Waals surface area contributed by atoms with Crippen molar-refractivity contribution in [2.24, 2.45) is 0 Å². The molecule has 19 heavy (non-hydrogen) atoms. The number of anilines is 1. The quantitative estimate of drug-likeness (QED) is 0.787. The van der Waals surface area contributed by atoms with Crippen LogP contribution in [0.4, 0.5) is 5.69 Å². The molecule has 2 aromatic rings. The van der Waals surface area contributed by atoms with Crippen molar-refractivity contribution in [3.63, 3.8) is 0 Å². The minimum Gasteiger partial charge on any atom is -0.494 e. The minimum atomic E-state index is 0.693. The van der Waals surface area contributed by atoms with Crippen molar-refractivity contribution in [2.75, 3.05) is 18.2 Å². The van der Waals surface area contributed by atoms with Crippen LogP contribution >= 0.6 is 11.8 Å². The number of benzene rings is 2. The zero-order valence-corrected chi connectivity index (χ0v) is 12.2. The number of hydrogen-bond donors (Lipinski definition) is 1. The molecule has 0 aliphatic carbocycles. The van der Waals surface area contributed by atoms with Crippen molar-refractivity contribution in [1.29, 1.82) is 0 Å². The lowest BCUT2D eigenvalue weighted by atomic mass is 10.2. The Kier molecular flexibility index (Phi) is 5.16. The van der Waals surface area contributed by atoms with Gasteiger partial charge in [0.2, 0.25) is 0 Å². The van der Waals surface area contributed by atoms with Gasteiger partial charge >= 0.3 is 0 Å². The molecule has 0 radical (unpaired) electrons. The van der Waals surface area contributed by atoms with Gasteiger partial charge in [-0.2, -0.15) is 0 Å². The second kappa shape index (κ2) is 7.10. The number of thioether (sulfide) groups is 1. The predicted octanol–water partition coefficient (Wildman–Crippen LogP) is 4.42. The van der Waals surface area contributed by atoms with Crippen LogP contribution in [0.2, 0.25) is 0 Å². The first kappa shape index (κ1) is 13.8. The van der Waals surface area contributed by atoms with Gasteiger partial charge < -0.3 is 10.1 Å². The molecule has 0 saturated heterocycles. The van der Waals surface area contributed by atoms with Crippen LogP contribution in [-0.2, 0) is 6.54 Å². The Morgan fingerprint density at radius 2 is 1.95 bits per heavy atom. The highest BCUT2D eigenvalue weighted by molar-refractivity contribution is 7.98. The molecule has 0 heterocycles. The second-order valence-corrected chi connectivity index (χ2v) is 5.01. The standard InChI is InChI=1S/C16H19NOS/c1-3-18-16-10-5-4-7-13(16)12-17-14-8-6-9-15(11-14)19-2/h4-11,17H,3,12H2,1-2H3. The fourth-order valence-corrected chi connectivity index (χ4v) is 2.34. The molecular weight excluding hydrogens is 254 g/mol. The average Bonchev–Trinajstić information content (AvgIpc) is 2.47. The first-order valence-corrected chi connectivity index (χ1v) is 7.64. The van der Waals surface area contributed by atoms with Crippen molar-refractivity contribution in [3.8, 4) is 5.75 Å². The van der Waals surface area contributed by atoms with Gasteiger partial charge in [0, 0.05) is 22.7 Å². The van der Waals surface area contributed by atoms with Crippen LogP contribution in [0.25, 0.3) is 0 Å². The summed E-state index contributed by atoms with van der Waals surface area (Å²) in [6, 6.07) is 16.6. The average molecular weight is 273 g/mol. The summed E-state index contributed by atoms with van der Waals surface area (Å²) >= 11 is 1.75. The Balaban J connectivity index is 2.05. The third-order valence-corrected chi connectivity index (χ3v) is 3.55. The smallest absolute Gasteiger partial charge is 0.124 e. The first-order chi connectivity index (χ1) is 9.33. The number of ether oxygens (including phenoxy) is 1. The van der Waals surface area contributed by atoms with Crippen LogP contribution < -0.4 is 10.1 Å². The van der Waals surface area contributed by atoms with Gasteiger partial charge in [-0.1, -0.05) is 24.3 Å². The first-order valence-electron chi connectivity index (χ1n) is 6.42. The summed E-state index contributed by atoms with van der Waals surface area (Å²) in [5.41, 5.74) is 2.32. The zero-order valence-electron chi connectivity index (χ0n) is 11.3. The van der Waals surface area contributed by atoms with E-state index in [4.69, 9.17) is 4.74 Å². The third kappa shape index (κ3) is 3.93. The Bertz CT molecular complexity index is 528. The van der Waals surface area contributed by atoms with Crippen LogP contribution in [0.1, 0.15) is 12.5 Å². The Labute approximate surface area is 119 Å². The second-order valence-electron chi connectivity index (χ2n) is 4.13. The van der Waals surface area contributed by atoms with Crippen LogP contribution in [0.3, 0.4) is 0 Å². The lowest BCUT2D eigenvalue weighted by Gasteiger charge is -2.12. The van der Waals surface area contributed by atoms with E-state index in [9.17, 15) is 0 Å². The zero-order chi connectivity index (χ0) is 13.5. The Hall–Kier alpha value is -1.61. The molecule has 0 spiro atoms.